The Morgan fingerprint density at radius 2 is 1.68 bits per heavy atom. The maximum absolute atomic E-state index is 12.9. The first-order valence-electron chi connectivity index (χ1n) is 13.7. The van der Waals surface area contributed by atoms with E-state index in [1.807, 2.05) is 66.7 Å². The highest BCUT2D eigenvalue weighted by atomic mass is 35.5. The van der Waals surface area contributed by atoms with Gasteiger partial charge in [0.1, 0.15) is 5.03 Å². The van der Waals surface area contributed by atoms with Crippen LogP contribution in [0.25, 0.3) is 0 Å². The molecular weight excluding hydrogens is 579 g/mol. The van der Waals surface area contributed by atoms with Crippen LogP contribution in [0.4, 0.5) is 0 Å². The van der Waals surface area contributed by atoms with E-state index in [9.17, 15) is 4.21 Å². The van der Waals surface area contributed by atoms with Crippen molar-refractivity contribution in [1.82, 2.24) is 9.71 Å². The first-order chi connectivity index (χ1) is 18.1. The van der Waals surface area contributed by atoms with E-state index in [0.29, 0.717) is 18.2 Å². The van der Waals surface area contributed by atoms with Gasteiger partial charge >= 0.3 is 7.12 Å². The zero-order chi connectivity index (χ0) is 30.3. The summed E-state index contributed by atoms with van der Waals surface area (Å²) in [6.45, 7) is 26.0. The van der Waals surface area contributed by atoms with Gasteiger partial charge in [-0.2, -0.15) is 0 Å². The molecule has 2 heterocycles. The fourth-order valence-electron chi connectivity index (χ4n) is 3.59. The highest BCUT2D eigenvalue weighted by molar-refractivity contribution is 7.99. The number of hydrogen-bond donors (Lipinski definition) is 1. The molecule has 11 heteroatoms. The zero-order valence-electron chi connectivity index (χ0n) is 26.2. The number of halogens is 1. The van der Waals surface area contributed by atoms with E-state index in [2.05, 4.69) is 44.7 Å². The Hall–Kier alpha value is -0.718. The maximum atomic E-state index is 12.9. The van der Waals surface area contributed by atoms with E-state index in [1.54, 1.807) is 6.20 Å². The smallest absolute Gasteiger partial charge is 0.412 e. The molecule has 222 valence electrons. The Morgan fingerprint density at radius 1 is 1.07 bits per heavy atom. The molecule has 1 saturated heterocycles. The topological polar surface area (TPSA) is 69.7 Å². The standard InChI is InChI=1S/C29H46BClN2O4S2Si/c1-26(2,3)39(34)33-18-21-16-22(30-36-28(7,8)29(9,10)37-30)17-23(31)24(21)38-25-20(14-13-15-32-25)19-35-40(11,12)27(4,5)6/h13-17,33H,18-19H2,1-12H3. The Morgan fingerprint density at radius 3 is 2.23 bits per heavy atom. The van der Waals surface area contributed by atoms with Crippen molar-refractivity contribution in [3.8, 4) is 0 Å². The molecule has 0 radical (unpaired) electrons. The van der Waals surface area contributed by atoms with Gasteiger partial charge in [-0.05, 0) is 89.8 Å². The zero-order valence-corrected chi connectivity index (χ0v) is 29.5. The number of rotatable bonds is 9. The molecule has 0 aliphatic carbocycles. The summed E-state index contributed by atoms with van der Waals surface area (Å²) in [4.78, 5) is 5.56. The molecule has 40 heavy (non-hydrogen) atoms. The van der Waals surface area contributed by atoms with Crippen LogP contribution in [0.3, 0.4) is 0 Å². The highest BCUT2D eigenvalue weighted by Crippen LogP contribution is 2.41. The van der Waals surface area contributed by atoms with Gasteiger partial charge in [0.25, 0.3) is 0 Å². The summed E-state index contributed by atoms with van der Waals surface area (Å²) in [5, 5.41) is 1.51. The average molecular weight is 625 g/mol. The van der Waals surface area contributed by atoms with E-state index in [0.717, 1.165) is 26.5 Å². The van der Waals surface area contributed by atoms with Crippen LogP contribution in [-0.4, -0.2) is 40.6 Å². The molecule has 1 unspecified atom stereocenters. The molecule has 0 amide bonds. The lowest BCUT2D eigenvalue weighted by molar-refractivity contribution is 0.00578. The highest BCUT2D eigenvalue weighted by Gasteiger charge is 2.52. The third kappa shape index (κ3) is 7.81. The second-order valence-electron chi connectivity index (χ2n) is 13.9. The fourth-order valence-corrected chi connectivity index (χ4v) is 6.61. The van der Waals surface area contributed by atoms with Crippen LogP contribution in [0.1, 0.15) is 80.4 Å². The van der Waals surface area contributed by atoms with Gasteiger partial charge in [-0.1, -0.05) is 56.3 Å². The molecule has 0 saturated carbocycles. The Kier molecular flexibility index (Phi) is 10.2. The van der Waals surface area contributed by atoms with Gasteiger partial charge in [0.2, 0.25) is 0 Å². The molecule has 6 nitrogen and oxygen atoms in total. The number of nitrogens with zero attached hydrogens (tertiary/aromatic N) is 1. The van der Waals surface area contributed by atoms with E-state index in [-0.39, 0.29) is 5.04 Å². The van der Waals surface area contributed by atoms with Gasteiger partial charge in [-0.25, -0.2) is 13.9 Å². The summed E-state index contributed by atoms with van der Waals surface area (Å²) in [6, 6.07) is 7.94. The van der Waals surface area contributed by atoms with Crippen LogP contribution in [-0.2, 0) is 37.9 Å². The van der Waals surface area contributed by atoms with E-state index in [4.69, 9.17) is 30.3 Å². The molecule has 1 atom stereocenters. The molecular formula is C29H46BClN2O4S2Si. The second kappa shape index (κ2) is 12.1. The second-order valence-corrected chi connectivity index (χ2v) is 22.2. The van der Waals surface area contributed by atoms with Crippen LogP contribution in [0.15, 0.2) is 40.4 Å². The maximum Gasteiger partial charge on any atom is 0.494 e. The molecule has 2 aromatic rings. The van der Waals surface area contributed by atoms with Gasteiger partial charge in [0.05, 0.1) is 38.6 Å². The van der Waals surface area contributed by atoms with Crippen molar-refractivity contribution in [1.29, 1.82) is 0 Å². The summed E-state index contributed by atoms with van der Waals surface area (Å²) in [6.07, 6.45) is 1.79. The Bertz CT molecular complexity index is 1230. The van der Waals surface area contributed by atoms with Crippen molar-refractivity contribution in [3.05, 3.63) is 46.6 Å². The van der Waals surface area contributed by atoms with E-state index < -0.39 is 42.4 Å². The monoisotopic (exact) mass is 624 g/mol. The first kappa shape index (κ1) is 33.8. The minimum absolute atomic E-state index is 0.108. The summed E-state index contributed by atoms with van der Waals surface area (Å²) in [5.74, 6) is 0. The van der Waals surface area contributed by atoms with Gasteiger partial charge < -0.3 is 13.7 Å². The number of hydrogen-bond acceptors (Lipinski definition) is 6. The van der Waals surface area contributed by atoms with Crippen molar-refractivity contribution >= 4 is 55.2 Å². The van der Waals surface area contributed by atoms with Crippen molar-refractivity contribution in [3.63, 3.8) is 0 Å². The van der Waals surface area contributed by atoms with Gasteiger partial charge in [-0.3, -0.25) is 0 Å². The summed E-state index contributed by atoms with van der Waals surface area (Å²) < 4.78 is 34.9. The summed E-state index contributed by atoms with van der Waals surface area (Å²) in [5.41, 5.74) is 1.80. The third-order valence-electron chi connectivity index (χ3n) is 8.06. The SMILES string of the molecule is CC(C)(C)S(=O)NCc1cc(B2OC(C)(C)C(C)(C)O2)cc(Cl)c1Sc1ncccc1CO[Si](C)(C)C(C)(C)C. The molecule has 1 fully saturated rings. The van der Waals surface area contributed by atoms with Crippen LogP contribution < -0.4 is 10.2 Å². The molecule has 0 spiro atoms. The quantitative estimate of drug-likeness (QED) is 0.296. The lowest BCUT2D eigenvalue weighted by Gasteiger charge is -2.36. The summed E-state index contributed by atoms with van der Waals surface area (Å²) >= 11 is 8.49. The molecule has 1 aromatic heterocycles. The predicted octanol–water partition coefficient (Wildman–Crippen LogP) is 7.26. The van der Waals surface area contributed by atoms with Crippen LogP contribution in [0.2, 0.25) is 23.2 Å². The number of pyridine rings is 1. The Balaban J connectivity index is 1.98. The molecule has 0 bridgehead atoms. The average Bonchev–Trinajstić information content (AvgIpc) is 3.03. The van der Waals surface area contributed by atoms with Crippen LogP contribution in [0, 0.1) is 0 Å². The van der Waals surface area contributed by atoms with Gasteiger partial charge in [0.15, 0.2) is 8.32 Å². The van der Waals surface area contributed by atoms with Crippen molar-refractivity contribution in [2.75, 3.05) is 0 Å². The number of benzene rings is 1. The van der Waals surface area contributed by atoms with Crippen molar-refractivity contribution < 1.29 is 17.9 Å². The Labute approximate surface area is 254 Å². The fraction of sp³-hybridized carbons (Fsp3) is 0.621. The minimum atomic E-state index is -1.95. The molecule has 1 aliphatic rings. The van der Waals surface area contributed by atoms with Crippen molar-refractivity contribution in [2.24, 2.45) is 0 Å². The van der Waals surface area contributed by atoms with E-state index in [1.165, 1.54) is 11.8 Å². The summed E-state index contributed by atoms with van der Waals surface area (Å²) in [7, 11) is -3.76. The lowest BCUT2D eigenvalue weighted by Crippen LogP contribution is -2.41. The number of aromatic nitrogens is 1. The first-order valence-corrected chi connectivity index (χ1v) is 19.0. The van der Waals surface area contributed by atoms with Crippen molar-refractivity contribution in [2.45, 2.75) is 126 Å². The van der Waals surface area contributed by atoms with Crippen LogP contribution >= 0.6 is 23.4 Å². The predicted molar refractivity (Wildman–Crippen MR) is 172 cm³/mol. The third-order valence-corrected chi connectivity index (χ3v) is 15.7. The minimum Gasteiger partial charge on any atom is -0.412 e. The molecule has 3 rings (SSSR count). The largest absolute Gasteiger partial charge is 0.494 e. The van der Waals surface area contributed by atoms with Crippen LogP contribution in [0.5, 0.6) is 0 Å². The molecule has 1 aliphatic heterocycles. The van der Waals surface area contributed by atoms with Gasteiger partial charge in [0, 0.05) is 23.2 Å². The van der Waals surface area contributed by atoms with E-state index >= 15 is 0 Å². The number of nitrogens with one attached hydrogen (secondary N) is 1. The molecule has 1 N–H and O–H groups in total. The van der Waals surface area contributed by atoms with Gasteiger partial charge in [-0.15, -0.1) is 0 Å². The molecule has 1 aromatic carbocycles. The normalized spacial score (nSPS) is 18.3. The lowest BCUT2D eigenvalue weighted by atomic mass is 9.78.